The molecule has 2 unspecified atom stereocenters. The predicted octanol–water partition coefficient (Wildman–Crippen LogP) is 5.68. The van der Waals surface area contributed by atoms with Gasteiger partial charge in [0.05, 0.1) is 18.2 Å². The summed E-state index contributed by atoms with van der Waals surface area (Å²) in [6, 6.07) is 10.3. The van der Waals surface area contributed by atoms with Crippen LogP contribution in [0.3, 0.4) is 0 Å². The highest BCUT2D eigenvalue weighted by Crippen LogP contribution is 2.50. The third kappa shape index (κ3) is 5.40. The lowest BCUT2D eigenvalue weighted by Gasteiger charge is -2.43. The third-order valence-corrected chi connectivity index (χ3v) is 7.55. The zero-order valence-electron chi connectivity index (χ0n) is 19.3. The number of nitrogens with zero attached hydrogens (tertiary/aromatic N) is 1. The van der Waals surface area contributed by atoms with E-state index in [9.17, 15) is 14.0 Å². The van der Waals surface area contributed by atoms with Gasteiger partial charge in [-0.25, -0.2) is 4.39 Å². The fourth-order valence-electron chi connectivity index (χ4n) is 5.56. The van der Waals surface area contributed by atoms with E-state index in [4.69, 9.17) is 9.47 Å². The van der Waals surface area contributed by atoms with Gasteiger partial charge in [-0.15, -0.1) is 0 Å². The zero-order valence-corrected chi connectivity index (χ0v) is 20.9. The number of ether oxygens (including phenoxy) is 2. The summed E-state index contributed by atoms with van der Waals surface area (Å²) in [5.74, 6) is -0.457. The van der Waals surface area contributed by atoms with E-state index in [1.54, 1.807) is 12.3 Å². The Kier molecular flexibility index (Phi) is 7.81. The number of fused-ring (bicyclic) bond motifs is 1. The number of halogens is 2. The maximum Gasteiger partial charge on any atom is 0.309 e. The van der Waals surface area contributed by atoms with Crippen molar-refractivity contribution in [2.24, 2.45) is 29.6 Å². The molecule has 0 bridgehead atoms. The van der Waals surface area contributed by atoms with Gasteiger partial charge < -0.3 is 9.47 Å². The number of aromatic nitrogens is 1. The molecule has 1 aliphatic carbocycles. The fraction of sp³-hybridized carbons (Fsp3) is 0.444. The van der Waals surface area contributed by atoms with Crippen LogP contribution in [0.2, 0.25) is 0 Å². The minimum atomic E-state index is -0.309. The van der Waals surface area contributed by atoms with E-state index < -0.39 is 0 Å². The van der Waals surface area contributed by atoms with Gasteiger partial charge in [-0.3, -0.25) is 14.6 Å². The van der Waals surface area contributed by atoms with E-state index in [1.807, 2.05) is 31.2 Å². The lowest BCUT2D eigenvalue weighted by atomic mass is 9.60. The molecule has 0 spiro atoms. The van der Waals surface area contributed by atoms with Gasteiger partial charge >= 0.3 is 11.9 Å². The van der Waals surface area contributed by atoms with Crippen molar-refractivity contribution < 1.29 is 23.5 Å². The van der Waals surface area contributed by atoms with Crippen LogP contribution in [0.15, 0.2) is 48.7 Å². The van der Waals surface area contributed by atoms with Crippen LogP contribution >= 0.6 is 15.9 Å². The van der Waals surface area contributed by atoms with E-state index >= 15 is 0 Å². The Bertz CT molecular complexity index is 1060. The van der Waals surface area contributed by atoms with Crippen molar-refractivity contribution in [1.29, 1.82) is 0 Å². The van der Waals surface area contributed by atoms with Gasteiger partial charge in [0.2, 0.25) is 0 Å². The fourth-order valence-corrected chi connectivity index (χ4v) is 6.09. The standard InChI is InChI=1S/C27H29BrFNO4/c1-16-26-24(9-8-22-7-6-19(14-30-22)18-4-3-5-21(29)12-18)23(10-11-28)20(15-33-17(2)31)13-25(26)27(32)34-16/h3-9,12,14,16,20,23-26H,10-11,13,15H2,1-2H3/b9-8+/t16-,20-,23?,24+,25?,26+/m1/s1. The Morgan fingerprint density at radius 2 is 2.12 bits per heavy atom. The van der Waals surface area contributed by atoms with Crippen molar-refractivity contribution >= 4 is 33.9 Å². The molecular formula is C27H29BrFNO4. The Hall–Kier alpha value is -2.54. The van der Waals surface area contributed by atoms with Gasteiger partial charge in [-0.2, -0.15) is 0 Å². The van der Waals surface area contributed by atoms with Crippen LogP contribution < -0.4 is 0 Å². The predicted molar refractivity (Wildman–Crippen MR) is 131 cm³/mol. The maximum absolute atomic E-state index is 13.6. The molecule has 2 aliphatic rings. The van der Waals surface area contributed by atoms with Crippen LogP contribution in [0.5, 0.6) is 0 Å². The summed E-state index contributed by atoms with van der Waals surface area (Å²) in [5, 5.41) is 0.819. The highest BCUT2D eigenvalue weighted by Gasteiger charge is 2.53. The van der Waals surface area contributed by atoms with Crippen molar-refractivity contribution in [2.45, 2.75) is 32.8 Å². The minimum absolute atomic E-state index is 0.0768. The second-order valence-electron chi connectivity index (χ2n) is 9.18. The molecule has 7 heteroatoms. The SMILES string of the molecule is CC(=O)OC[C@H]1CC2C(=O)O[C@H](C)[C@H]2[C@@H](/C=C/c2ccc(-c3cccc(F)c3)cn2)C1CCBr. The van der Waals surface area contributed by atoms with Gasteiger partial charge in [-0.1, -0.05) is 40.2 Å². The Morgan fingerprint density at radius 3 is 2.79 bits per heavy atom. The molecule has 1 aromatic carbocycles. The van der Waals surface area contributed by atoms with Crippen LogP contribution in [-0.4, -0.2) is 35.0 Å². The number of hydrogen-bond donors (Lipinski definition) is 0. The van der Waals surface area contributed by atoms with Crippen LogP contribution in [0.1, 0.15) is 32.4 Å². The van der Waals surface area contributed by atoms with Gasteiger partial charge in [-0.05, 0) is 67.4 Å². The summed E-state index contributed by atoms with van der Waals surface area (Å²) in [6.45, 7) is 3.68. The summed E-state index contributed by atoms with van der Waals surface area (Å²) in [7, 11) is 0. The first kappa shape index (κ1) is 24.6. The molecule has 0 N–H and O–H groups in total. The number of benzene rings is 1. The molecule has 2 heterocycles. The van der Waals surface area contributed by atoms with Crippen molar-refractivity contribution in [3.8, 4) is 11.1 Å². The van der Waals surface area contributed by atoms with E-state index in [1.165, 1.54) is 19.1 Å². The van der Waals surface area contributed by atoms with Gasteiger partial charge in [0.1, 0.15) is 11.9 Å². The van der Waals surface area contributed by atoms with E-state index in [0.29, 0.717) is 13.0 Å². The molecule has 1 aromatic heterocycles. The molecule has 2 aromatic rings. The van der Waals surface area contributed by atoms with Crippen LogP contribution in [-0.2, 0) is 19.1 Å². The Labute approximate surface area is 207 Å². The summed E-state index contributed by atoms with van der Waals surface area (Å²) < 4.78 is 24.6. The zero-order chi connectivity index (χ0) is 24.2. The molecule has 6 atom stereocenters. The molecule has 1 saturated heterocycles. The quantitative estimate of drug-likeness (QED) is 0.341. The maximum atomic E-state index is 13.6. The molecule has 0 amide bonds. The molecule has 0 radical (unpaired) electrons. The Morgan fingerprint density at radius 1 is 1.29 bits per heavy atom. The Balaban J connectivity index is 1.59. The summed E-state index contributed by atoms with van der Waals surface area (Å²) >= 11 is 3.58. The molecule has 34 heavy (non-hydrogen) atoms. The van der Waals surface area contributed by atoms with Crippen LogP contribution in [0.25, 0.3) is 17.2 Å². The number of esters is 2. The van der Waals surface area contributed by atoms with Crippen LogP contribution in [0, 0.1) is 35.4 Å². The van der Waals surface area contributed by atoms with E-state index in [0.717, 1.165) is 28.6 Å². The van der Waals surface area contributed by atoms with Crippen molar-refractivity contribution in [3.63, 3.8) is 0 Å². The van der Waals surface area contributed by atoms with Crippen molar-refractivity contribution in [3.05, 3.63) is 60.2 Å². The average molecular weight is 530 g/mol. The number of pyridine rings is 1. The molecule has 180 valence electrons. The first-order valence-corrected chi connectivity index (χ1v) is 12.8. The van der Waals surface area contributed by atoms with Gasteiger partial charge in [0.25, 0.3) is 0 Å². The minimum Gasteiger partial charge on any atom is -0.466 e. The molecular weight excluding hydrogens is 501 g/mol. The molecule has 2 fully saturated rings. The molecule has 4 rings (SSSR count). The first-order chi connectivity index (χ1) is 16.4. The largest absolute Gasteiger partial charge is 0.466 e. The van der Waals surface area contributed by atoms with Crippen LogP contribution in [0.4, 0.5) is 4.39 Å². The normalized spacial score (nSPS) is 28.5. The highest BCUT2D eigenvalue weighted by molar-refractivity contribution is 9.09. The second kappa shape index (κ2) is 10.8. The van der Waals surface area contributed by atoms with Gasteiger partial charge in [0.15, 0.2) is 0 Å². The van der Waals surface area contributed by atoms with Crippen molar-refractivity contribution in [2.75, 3.05) is 11.9 Å². The highest BCUT2D eigenvalue weighted by atomic mass is 79.9. The smallest absolute Gasteiger partial charge is 0.309 e. The topological polar surface area (TPSA) is 65.5 Å². The first-order valence-electron chi connectivity index (χ1n) is 11.7. The summed E-state index contributed by atoms with van der Waals surface area (Å²) in [6.07, 6.45) is 7.28. The lowest BCUT2D eigenvalue weighted by molar-refractivity contribution is -0.145. The number of rotatable bonds is 7. The molecule has 1 saturated carbocycles. The van der Waals surface area contributed by atoms with Crippen molar-refractivity contribution in [1.82, 2.24) is 4.98 Å². The average Bonchev–Trinajstić information content (AvgIpc) is 3.10. The number of carbonyl (C=O) groups excluding carboxylic acids is 2. The summed E-state index contributed by atoms with van der Waals surface area (Å²) in [4.78, 5) is 28.6. The van der Waals surface area contributed by atoms with E-state index in [2.05, 4.69) is 27.0 Å². The second-order valence-corrected chi connectivity index (χ2v) is 9.98. The summed E-state index contributed by atoms with van der Waals surface area (Å²) in [5.41, 5.74) is 2.41. The van der Waals surface area contributed by atoms with Gasteiger partial charge in [0, 0.05) is 29.9 Å². The number of alkyl halides is 1. The molecule has 5 nitrogen and oxygen atoms in total. The number of carbonyl (C=O) groups is 2. The van der Waals surface area contributed by atoms with E-state index in [-0.39, 0.29) is 53.4 Å². The number of allylic oxidation sites excluding steroid dienone is 1. The number of hydrogen-bond acceptors (Lipinski definition) is 5. The number of cyclic esters (lactones) is 1. The third-order valence-electron chi connectivity index (χ3n) is 7.09. The molecule has 1 aliphatic heterocycles. The monoisotopic (exact) mass is 529 g/mol. The lowest BCUT2D eigenvalue weighted by Crippen LogP contribution is -2.43.